The topological polar surface area (TPSA) is 50.1 Å². The smallest absolute Gasteiger partial charge is 0.0726 e. The monoisotopic (exact) mass is 239 g/mol. The highest BCUT2D eigenvalue weighted by Gasteiger charge is 2.26. The van der Waals surface area contributed by atoms with E-state index in [9.17, 15) is 5.11 Å². The second kappa shape index (κ2) is 5.19. The maximum absolute atomic E-state index is 9.53. The first-order valence-electron chi connectivity index (χ1n) is 6.16. The maximum Gasteiger partial charge on any atom is 0.0726 e. The molecule has 0 spiro atoms. The first-order valence-corrected chi connectivity index (χ1v) is 6.16. The van der Waals surface area contributed by atoms with Crippen LogP contribution in [0.4, 0.5) is 0 Å². The number of aryl methyl sites for hydroxylation is 1. The molecule has 4 nitrogen and oxygen atoms in total. The summed E-state index contributed by atoms with van der Waals surface area (Å²) in [7, 11) is 1.92. The van der Waals surface area contributed by atoms with E-state index in [0.29, 0.717) is 6.04 Å². The fourth-order valence-electron chi connectivity index (χ4n) is 1.99. The molecule has 0 amide bonds. The fourth-order valence-corrected chi connectivity index (χ4v) is 1.99. The molecule has 2 N–H and O–H groups in total. The van der Waals surface area contributed by atoms with E-state index in [1.807, 2.05) is 17.9 Å². The number of aliphatic hydroxyl groups excluding tert-OH is 1. The number of rotatable bonds is 4. The summed E-state index contributed by atoms with van der Waals surface area (Å²) in [5.74, 6) is 0. The van der Waals surface area contributed by atoms with Crippen LogP contribution in [0, 0.1) is 0 Å². The Kier molecular flexibility index (Phi) is 4.33. The van der Waals surface area contributed by atoms with Crippen molar-refractivity contribution in [3.63, 3.8) is 0 Å². The SMILES string of the molecule is CC(C)NC(CO)c1cn(C)nc1C(C)(C)C. The quantitative estimate of drug-likeness (QED) is 0.841. The third-order valence-electron chi connectivity index (χ3n) is 2.66. The zero-order valence-corrected chi connectivity index (χ0v) is 11.8. The standard InChI is InChI=1S/C13H25N3O/c1-9(2)14-11(8-17)10-7-16(6)15-12(10)13(3,4)5/h7,9,11,14,17H,8H2,1-6H3. The van der Waals surface area contributed by atoms with Gasteiger partial charge in [-0.3, -0.25) is 4.68 Å². The van der Waals surface area contributed by atoms with Gasteiger partial charge in [0.2, 0.25) is 0 Å². The second-order valence-corrected chi connectivity index (χ2v) is 5.91. The van der Waals surface area contributed by atoms with Crippen molar-refractivity contribution in [3.8, 4) is 0 Å². The zero-order valence-electron chi connectivity index (χ0n) is 11.8. The number of nitrogens with one attached hydrogen (secondary N) is 1. The number of aromatic nitrogens is 2. The minimum Gasteiger partial charge on any atom is -0.394 e. The molecule has 1 heterocycles. The molecule has 1 aromatic rings. The molecule has 0 fully saturated rings. The molecule has 98 valence electrons. The summed E-state index contributed by atoms with van der Waals surface area (Å²) in [6.45, 7) is 10.7. The molecule has 0 aliphatic rings. The third kappa shape index (κ3) is 3.54. The normalized spacial score (nSPS) is 14.4. The van der Waals surface area contributed by atoms with Gasteiger partial charge in [0.05, 0.1) is 18.3 Å². The van der Waals surface area contributed by atoms with Gasteiger partial charge in [0.15, 0.2) is 0 Å². The van der Waals surface area contributed by atoms with Crippen molar-refractivity contribution in [1.29, 1.82) is 0 Å². The Labute approximate surface area is 104 Å². The molecule has 0 bridgehead atoms. The minimum atomic E-state index is -0.0436. The van der Waals surface area contributed by atoms with Crippen LogP contribution < -0.4 is 5.32 Å². The molecule has 1 rings (SSSR count). The van der Waals surface area contributed by atoms with E-state index in [-0.39, 0.29) is 18.1 Å². The van der Waals surface area contributed by atoms with Crippen LogP contribution in [0.2, 0.25) is 0 Å². The van der Waals surface area contributed by atoms with E-state index < -0.39 is 0 Å². The molecular weight excluding hydrogens is 214 g/mol. The van der Waals surface area contributed by atoms with Crippen LogP contribution in [0.15, 0.2) is 6.20 Å². The van der Waals surface area contributed by atoms with E-state index in [4.69, 9.17) is 0 Å². The van der Waals surface area contributed by atoms with E-state index in [1.54, 1.807) is 0 Å². The molecular formula is C13H25N3O. The lowest BCUT2D eigenvalue weighted by Crippen LogP contribution is -2.32. The van der Waals surface area contributed by atoms with Crippen molar-refractivity contribution in [3.05, 3.63) is 17.5 Å². The summed E-state index contributed by atoms with van der Waals surface area (Å²) in [4.78, 5) is 0. The third-order valence-corrected chi connectivity index (χ3v) is 2.66. The van der Waals surface area contributed by atoms with Crippen LogP contribution in [-0.4, -0.2) is 27.5 Å². The van der Waals surface area contributed by atoms with Crippen molar-refractivity contribution >= 4 is 0 Å². The van der Waals surface area contributed by atoms with Gasteiger partial charge in [-0.15, -0.1) is 0 Å². The lowest BCUT2D eigenvalue weighted by molar-refractivity contribution is 0.236. The summed E-state index contributed by atoms with van der Waals surface area (Å²) >= 11 is 0. The van der Waals surface area contributed by atoms with Crippen LogP contribution in [-0.2, 0) is 12.5 Å². The van der Waals surface area contributed by atoms with Crippen LogP contribution in [0.1, 0.15) is 51.9 Å². The van der Waals surface area contributed by atoms with Gasteiger partial charge >= 0.3 is 0 Å². The van der Waals surface area contributed by atoms with Crippen LogP contribution >= 0.6 is 0 Å². The van der Waals surface area contributed by atoms with Gasteiger partial charge in [-0.1, -0.05) is 34.6 Å². The van der Waals surface area contributed by atoms with Crippen LogP contribution in [0.3, 0.4) is 0 Å². The highest BCUT2D eigenvalue weighted by atomic mass is 16.3. The van der Waals surface area contributed by atoms with Crippen molar-refractivity contribution in [2.45, 2.75) is 52.1 Å². The predicted octanol–water partition coefficient (Wildman–Crippen LogP) is 1.75. The van der Waals surface area contributed by atoms with Crippen molar-refractivity contribution in [2.24, 2.45) is 7.05 Å². The van der Waals surface area contributed by atoms with Gasteiger partial charge in [-0.2, -0.15) is 5.10 Å². The first-order chi connectivity index (χ1) is 7.75. The Morgan fingerprint density at radius 1 is 1.41 bits per heavy atom. The van der Waals surface area contributed by atoms with Crippen LogP contribution in [0.25, 0.3) is 0 Å². The lowest BCUT2D eigenvalue weighted by Gasteiger charge is -2.23. The summed E-state index contributed by atoms with van der Waals surface area (Å²) in [6, 6.07) is 0.290. The minimum absolute atomic E-state index is 0.0112. The van der Waals surface area contributed by atoms with Gasteiger partial charge in [-0.25, -0.2) is 0 Å². The highest BCUT2D eigenvalue weighted by Crippen LogP contribution is 2.28. The Morgan fingerprint density at radius 2 is 2.00 bits per heavy atom. The van der Waals surface area contributed by atoms with Gasteiger partial charge < -0.3 is 10.4 Å². The Hall–Kier alpha value is -0.870. The molecule has 17 heavy (non-hydrogen) atoms. The molecule has 1 aromatic heterocycles. The van der Waals surface area contributed by atoms with Gasteiger partial charge in [0, 0.05) is 30.3 Å². The van der Waals surface area contributed by atoms with Gasteiger partial charge in [-0.05, 0) is 0 Å². The molecule has 0 saturated heterocycles. The Balaban J connectivity index is 3.10. The fraction of sp³-hybridized carbons (Fsp3) is 0.769. The molecule has 4 heteroatoms. The van der Waals surface area contributed by atoms with Crippen molar-refractivity contribution < 1.29 is 5.11 Å². The average Bonchev–Trinajstić information content (AvgIpc) is 2.55. The average molecular weight is 239 g/mol. The molecule has 0 aliphatic carbocycles. The lowest BCUT2D eigenvalue weighted by atomic mass is 9.87. The molecule has 0 saturated carbocycles. The second-order valence-electron chi connectivity index (χ2n) is 5.91. The van der Waals surface area contributed by atoms with Gasteiger partial charge in [0.25, 0.3) is 0 Å². The highest BCUT2D eigenvalue weighted by molar-refractivity contribution is 5.27. The number of aliphatic hydroxyl groups is 1. The maximum atomic E-state index is 9.53. The number of hydrogen-bond donors (Lipinski definition) is 2. The number of nitrogens with zero attached hydrogens (tertiary/aromatic N) is 2. The van der Waals surface area contributed by atoms with Gasteiger partial charge in [0.1, 0.15) is 0 Å². The first kappa shape index (κ1) is 14.2. The molecule has 0 radical (unpaired) electrons. The largest absolute Gasteiger partial charge is 0.394 e. The molecule has 0 aliphatic heterocycles. The van der Waals surface area contributed by atoms with Crippen LogP contribution in [0.5, 0.6) is 0 Å². The molecule has 0 aromatic carbocycles. The predicted molar refractivity (Wildman–Crippen MR) is 70.0 cm³/mol. The van der Waals surface area contributed by atoms with Crippen molar-refractivity contribution in [2.75, 3.05) is 6.61 Å². The van der Waals surface area contributed by atoms with E-state index in [2.05, 4.69) is 45.0 Å². The molecule has 1 unspecified atom stereocenters. The Bertz CT molecular complexity index is 363. The zero-order chi connectivity index (χ0) is 13.2. The Morgan fingerprint density at radius 3 is 2.41 bits per heavy atom. The van der Waals surface area contributed by atoms with Crippen molar-refractivity contribution in [1.82, 2.24) is 15.1 Å². The van der Waals surface area contributed by atoms with E-state index in [0.717, 1.165) is 11.3 Å². The summed E-state index contributed by atoms with van der Waals surface area (Å²) < 4.78 is 1.82. The number of hydrogen-bond acceptors (Lipinski definition) is 3. The van der Waals surface area contributed by atoms with E-state index in [1.165, 1.54) is 0 Å². The summed E-state index contributed by atoms with van der Waals surface area (Å²) in [5, 5.41) is 17.4. The van der Waals surface area contributed by atoms with E-state index >= 15 is 0 Å². The summed E-state index contributed by atoms with van der Waals surface area (Å²) in [5.41, 5.74) is 2.13. The summed E-state index contributed by atoms with van der Waals surface area (Å²) in [6.07, 6.45) is 2.00. The molecule has 1 atom stereocenters.